The molecule has 168 valence electrons. The van der Waals surface area contributed by atoms with E-state index < -0.39 is 0 Å². The summed E-state index contributed by atoms with van der Waals surface area (Å²) in [6.45, 7) is 4.37. The van der Waals surface area contributed by atoms with Crippen LogP contribution in [0, 0.1) is 5.82 Å². The maximum atomic E-state index is 15.1. The summed E-state index contributed by atoms with van der Waals surface area (Å²) >= 11 is 0. The Bertz CT molecular complexity index is 1270. The first kappa shape index (κ1) is 21.1. The largest absolute Gasteiger partial charge is 0.372 e. The molecule has 1 saturated heterocycles. The fraction of sp³-hybridized carbons (Fsp3) is 0.240. The Morgan fingerprint density at radius 1 is 0.909 bits per heavy atom. The van der Waals surface area contributed by atoms with Gasteiger partial charge in [0.2, 0.25) is 5.95 Å². The Labute approximate surface area is 192 Å². The van der Waals surface area contributed by atoms with Crippen LogP contribution in [0.4, 0.5) is 21.8 Å². The van der Waals surface area contributed by atoms with Gasteiger partial charge in [0.25, 0.3) is 0 Å². The number of rotatable bonds is 5. The van der Waals surface area contributed by atoms with Gasteiger partial charge in [0.05, 0.1) is 16.6 Å². The molecule has 2 aromatic carbocycles. The second kappa shape index (κ2) is 8.99. The van der Waals surface area contributed by atoms with E-state index in [4.69, 9.17) is 5.73 Å². The lowest BCUT2D eigenvalue weighted by atomic mass is 10.1. The summed E-state index contributed by atoms with van der Waals surface area (Å²) in [5.74, 6) is 0.418. The minimum absolute atomic E-state index is 0.125. The van der Waals surface area contributed by atoms with Crippen LogP contribution in [0.5, 0.6) is 0 Å². The quantitative estimate of drug-likeness (QED) is 0.486. The topological polar surface area (TPSA) is 83.2 Å². The molecule has 5 rings (SSSR count). The number of pyridine rings is 1. The molecule has 0 amide bonds. The summed E-state index contributed by atoms with van der Waals surface area (Å²) in [5.41, 5.74) is 9.45. The van der Waals surface area contributed by atoms with Crippen LogP contribution >= 0.6 is 0 Å². The van der Waals surface area contributed by atoms with Crippen molar-refractivity contribution in [1.82, 2.24) is 19.9 Å². The molecule has 0 saturated carbocycles. The van der Waals surface area contributed by atoms with Crippen LogP contribution in [-0.4, -0.2) is 53.1 Å². The van der Waals surface area contributed by atoms with Crippen molar-refractivity contribution in [2.24, 2.45) is 0 Å². The third-order valence-corrected chi connectivity index (χ3v) is 6.02. The molecule has 33 heavy (non-hydrogen) atoms. The average Bonchev–Trinajstić information content (AvgIpc) is 2.84. The second-order valence-electron chi connectivity index (χ2n) is 8.13. The van der Waals surface area contributed by atoms with E-state index in [0.29, 0.717) is 22.7 Å². The summed E-state index contributed by atoms with van der Waals surface area (Å²) < 4.78 is 15.1. The Hall–Kier alpha value is -3.78. The molecular weight excluding hydrogens is 417 g/mol. The van der Waals surface area contributed by atoms with Gasteiger partial charge in [0, 0.05) is 45.5 Å². The maximum Gasteiger partial charge on any atom is 0.224 e. The molecule has 2 aromatic heterocycles. The fourth-order valence-electron chi connectivity index (χ4n) is 4.37. The SMILES string of the molecule is CNc1nc(N)nc2nc(-c3c(F)cccc3N3CCN(Cc4ccccc4)CC3)ccc12. The number of hydrogen-bond acceptors (Lipinski definition) is 7. The number of benzene rings is 2. The number of nitrogens with zero attached hydrogens (tertiary/aromatic N) is 5. The van der Waals surface area contributed by atoms with Gasteiger partial charge >= 0.3 is 0 Å². The van der Waals surface area contributed by atoms with Crippen LogP contribution < -0.4 is 16.0 Å². The summed E-state index contributed by atoms with van der Waals surface area (Å²) in [6.07, 6.45) is 0. The van der Waals surface area contributed by atoms with Crippen LogP contribution in [0.25, 0.3) is 22.3 Å². The zero-order chi connectivity index (χ0) is 22.8. The predicted molar refractivity (Wildman–Crippen MR) is 131 cm³/mol. The van der Waals surface area contributed by atoms with Gasteiger partial charge in [-0.2, -0.15) is 9.97 Å². The molecule has 0 aliphatic carbocycles. The highest BCUT2D eigenvalue weighted by atomic mass is 19.1. The highest BCUT2D eigenvalue weighted by Crippen LogP contribution is 2.34. The Balaban J connectivity index is 1.43. The van der Waals surface area contributed by atoms with E-state index in [1.165, 1.54) is 11.6 Å². The number of halogens is 1. The molecule has 0 radical (unpaired) electrons. The molecule has 7 nitrogen and oxygen atoms in total. The molecule has 8 heteroatoms. The standard InChI is InChI=1S/C25H26FN7/c1-28-23-18-10-11-20(29-24(18)31-25(27)30-23)22-19(26)8-5-9-21(22)33-14-12-32(13-15-33)16-17-6-3-2-4-7-17/h2-11H,12-16H2,1H3,(H3,27,28,29,30,31). The first-order valence-corrected chi connectivity index (χ1v) is 11.0. The molecule has 0 bridgehead atoms. The zero-order valence-corrected chi connectivity index (χ0v) is 18.5. The fourth-order valence-corrected chi connectivity index (χ4v) is 4.37. The van der Waals surface area contributed by atoms with E-state index >= 15 is 4.39 Å². The number of nitrogens with one attached hydrogen (secondary N) is 1. The van der Waals surface area contributed by atoms with Crippen molar-refractivity contribution in [2.75, 3.05) is 49.2 Å². The van der Waals surface area contributed by atoms with E-state index in [-0.39, 0.29) is 11.8 Å². The third kappa shape index (κ3) is 4.29. The molecule has 1 aliphatic rings. The Morgan fingerprint density at radius 3 is 2.45 bits per heavy atom. The number of piperazine rings is 1. The first-order chi connectivity index (χ1) is 16.1. The highest BCUT2D eigenvalue weighted by molar-refractivity contribution is 5.90. The molecule has 3 heterocycles. The van der Waals surface area contributed by atoms with E-state index in [0.717, 1.165) is 43.8 Å². The van der Waals surface area contributed by atoms with Crippen molar-refractivity contribution in [3.8, 4) is 11.3 Å². The van der Waals surface area contributed by atoms with Crippen molar-refractivity contribution >= 4 is 28.5 Å². The van der Waals surface area contributed by atoms with Gasteiger partial charge in [-0.3, -0.25) is 4.90 Å². The lowest BCUT2D eigenvalue weighted by molar-refractivity contribution is 0.250. The van der Waals surface area contributed by atoms with Gasteiger partial charge in [0.15, 0.2) is 5.65 Å². The average molecular weight is 444 g/mol. The summed E-state index contributed by atoms with van der Waals surface area (Å²) in [4.78, 5) is 17.8. The normalized spacial score (nSPS) is 14.5. The number of nitrogens with two attached hydrogens (primary N) is 1. The molecule has 4 aromatic rings. The van der Waals surface area contributed by atoms with Crippen molar-refractivity contribution < 1.29 is 4.39 Å². The minimum Gasteiger partial charge on any atom is -0.372 e. The number of hydrogen-bond donors (Lipinski definition) is 2. The first-order valence-electron chi connectivity index (χ1n) is 11.0. The molecule has 1 aliphatic heterocycles. The minimum atomic E-state index is -0.304. The van der Waals surface area contributed by atoms with Gasteiger partial charge in [-0.05, 0) is 29.8 Å². The third-order valence-electron chi connectivity index (χ3n) is 6.02. The van der Waals surface area contributed by atoms with Crippen molar-refractivity contribution in [3.63, 3.8) is 0 Å². The van der Waals surface area contributed by atoms with Crippen molar-refractivity contribution in [1.29, 1.82) is 0 Å². The number of anilines is 3. The van der Waals surface area contributed by atoms with Crippen LogP contribution in [-0.2, 0) is 6.54 Å². The van der Waals surface area contributed by atoms with Crippen molar-refractivity contribution in [2.45, 2.75) is 6.54 Å². The van der Waals surface area contributed by atoms with E-state index in [1.54, 1.807) is 13.1 Å². The molecule has 1 fully saturated rings. The highest BCUT2D eigenvalue weighted by Gasteiger charge is 2.22. The smallest absolute Gasteiger partial charge is 0.224 e. The summed E-state index contributed by atoms with van der Waals surface area (Å²) in [7, 11) is 1.77. The lowest BCUT2D eigenvalue weighted by Crippen LogP contribution is -2.46. The Kier molecular flexibility index (Phi) is 5.75. The van der Waals surface area contributed by atoms with Crippen LogP contribution in [0.1, 0.15) is 5.56 Å². The van der Waals surface area contributed by atoms with Crippen LogP contribution in [0.15, 0.2) is 60.7 Å². The molecule has 0 atom stereocenters. The van der Waals surface area contributed by atoms with E-state index in [2.05, 4.69) is 54.3 Å². The Morgan fingerprint density at radius 2 is 1.70 bits per heavy atom. The van der Waals surface area contributed by atoms with E-state index in [1.807, 2.05) is 24.3 Å². The van der Waals surface area contributed by atoms with Crippen molar-refractivity contribution in [3.05, 3.63) is 72.0 Å². The second-order valence-corrected chi connectivity index (χ2v) is 8.13. The van der Waals surface area contributed by atoms with Crippen LogP contribution in [0.2, 0.25) is 0 Å². The number of aromatic nitrogens is 3. The summed E-state index contributed by atoms with van der Waals surface area (Å²) in [6, 6.07) is 19.3. The molecular formula is C25H26FN7. The van der Waals surface area contributed by atoms with Gasteiger partial charge in [-0.1, -0.05) is 36.4 Å². The van der Waals surface area contributed by atoms with Gasteiger partial charge in [0.1, 0.15) is 11.6 Å². The monoisotopic (exact) mass is 443 g/mol. The van der Waals surface area contributed by atoms with Gasteiger partial charge < -0.3 is 16.0 Å². The number of nitrogen functional groups attached to an aromatic ring is 1. The zero-order valence-electron chi connectivity index (χ0n) is 18.5. The molecule has 0 unspecified atom stereocenters. The lowest BCUT2D eigenvalue weighted by Gasteiger charge is -2.37. The molecule has 3 N–H and O–H groups in total. The van der Waals surface area contributed by atoms with Crippen LogP contribution in [0.3, 0.4) is 0 Å². The predicted octanol–water partition coefficient (Wildman–Crippen LogP) is 3.78. The summed E-state index contributed by atoms with van der Waals surface area (Å²) in [5, 5.41) is 3.75. The number of fused-ring (bicyclic) bond motifs is 1. The van der Waals surface area contributed by atoms with Gasteiger partial charge in [-0.15, -0.1) is 0 Å². The van der Waals surface area contributed by atoms with E-state index in [9.17, 15) is 0 Å². The maximum absolute atomic E-state index is 15.1. The van der Waals surface area contributed by atoms with Gasteiger partial charge in [-0.25, -0.2) is 9.37 Å². The molecule has 0 spiro atoms.